The summed E-state index contributed by atoms with van der Waals surface area (Å²) < 4.78 is 9.32. The molecule has 0 spiro atoms. The summed E-state index contributed by atoms with van der Waals surface area (Å²) in [6.07, 6.45) is 6.66. The molecule has 0 fully saturated rings. The fourth-order valence-corrected chi connectivity index (χ4v) is 2.36. The second-order valence-electron chi connectivity index (χ2n) is 5.91. The molecular formula is C16H22O5. The molecule has 0 aromatic carbocycles. The van der Waals surface area contributed by atoms with E-state index in [1.807, 2.05) is 0 Å². The van der Waals surface area contributed by atoms with Gasteiger partial charge in [-0.05, 0) is 30.8 Å². The molecular weight excluding hydrogens is 272 g/mol. The van der Waals surface area contributed by atoms with Crippen molar-refractivity contribution < 1.29 is 23.9 Å². The zero-order valence-corrected chi connectivity index (χ0v) is 12.8. The van der Waals surface area contributed by atoms with Gasteiger partial charge in [-0.1, -0.05) is 19.4 Å². The van der Waals surface area contributed by atoms with Crippen LogP contribution in [0.3, 0.4) is 0 Å². The Bertz CT molecular complexity index is 471. The lowest BCUT2D eigenvalue weighted by atomic mass is 9.76. The van der Waals surface area contributed by atoms with E-state index in [2.05, 4.69) is 18.6 Å². The van der Waals surface area contributed by atoms with Crippen molar-refractivity contribution in [1.82, 2.24) is 0 Å². The summed E-state index contributed by atoms with van der Waals surface area (Å²) in [6, 6.07) is 0. The van der Waals surface area contributed by atoms with Crippen molar-refractivity contribution in [3.63, 3.8) is 0 Å². The minimum absolute atomic E-state index is 0.0150. The van der Waals surface area contributed by atoms with Gasteiger partial charge in [0.05, 0.1) is 13.7 Å². The third kappa shape index (κ3) is 6.88. The molecule has 0 aromatic rings. The largest absolute Gasteiger partial charge is 0.466 e. The van der Waals surface area contributed by atoms with Crippen LogP contribution in [-0.4, -0.2) is 31.4 Å². The van der Waals surface area contributed by atoms with Gasteiger partial charge in [-0.3, -0.25) is 4.79 Å². The maximum Gasteiger partial charge on any atom is 0.331 e. The minimum Gasteiger partial charge on any atom is -0.466 e. The summed E-state index contributed by atoms with van der Waals surface area (Å²) >= 11 is 0. The third-order valence-electron chi connectivity index (χ3n) is 3.17. The number of hydrogen-bond acceptors (Lipinski definition) is 5. The van der Waals surface area contributed by atoms with Crippen molar-refractivity contribution in [2.75, 3.05) is 13.7 Å². The molecule has 21 heavy (non-hydrogen) atoms. The van der Waals surface area contributed by atoms with Gasteiger partial charge < -0.3 is 9.47 Å². The number of esters is 2. The van der Waals surface area contributed by atoms with Gasteiger partial charge in [0.25, 0.3) is 0 Å². The quantitative estimate of drug-likeness (QED) is 0.427. The zero-order chi connectivity index (χ0) is 15.9. The monoisotopic (exact) mass is 294 g/mol. The number of hydrogen-bond donors (Lipinski definition) is 0. The molecule has 1 aliphatic carbocycles. The van der Waals surface area contributed by atoms with Gasteiger partial charge in [-0.2, -0.15) is 0 Å². The third-order valence-corrected chi connectivity index (χ3v) is 3.17. The van der Waals surface area contributed by atoms with E-state index in [0.29, 0.717) is 12.8 Å². The molecule has 0 atom stereocenters. The number of ether oxygens (including phenoxy) is 2. The van der Waals surface area contributed by atoms with Gasteiger partial charge in [0.2, 0.25) is 0 Å². The van der Waals surface area contributed by atoms with Gasteiger partial charge in [0.1, 0.15) is 0 Å². The minimum atomic E-state index is -0.597. The summed E-state index contributed by atoms with van der Waals surface area (Å²) in [5.41, 5.74) is 1.12. The summed E-state index contributed by atoms with van der Waals surface area (Å²) in [4.78, 5) is 33.7. The first-order valence-electron chi connectivity index (χ1n) is 6.97. The molecule has 0 heterocycles. The Morgan fingerprint density at radius 3 is 2.52 bits per heavy atom. The summed E-state index contributed by atoms with van der Waals surface area (Å²) in [5.74, 6) is -1.01. The first-order valence-corrected chi connectivity index (χ1v) is 6.97. The van der Waals surface area contributed by atoms with E-state index >= 15 is 0 Å². The van der Waals surface area contributed by atoms with Crippen molar-refractivity contribution >= 4 is 17.7 Å². The van der Waals surface area contributed by atoms with Gasteiger partial charge in [0.15, 0.2) is 5.78 Å². The Morgan fingerprint density at radius 1 is 1.24 bits per heavy atom. The Hall–Kier alpha value is -1.91. The molecule has 116 valence electrons. The molecule has 5 heteroatoms. The predicted octanol–water partition coefficient (Wildman–Crippen LogP) is 2.35. The first-order chi connectivity index (χ1) is 9.82. The van der Waals surface area contributed by atoms with Crippen molar-refractivity contribution in [1.29, 1.82) is 0 Å². The fraction of sp³-hybridized carbons (Fsp3) is 0.562. The molecule has 0 saturated heterocycles. The van der Waals surface area contributed by atoms with E-state index in [9.17, 15) is 14.4 Å². The Kier molecular flexibility index (Phi) is 6.34. The van der Waals surface area contributed by atoms with Crippen LogP contribution >= 0.6 is 0 Å². The Morgan fingerprint density at radius 2 is 1.90 bits per heavy atom. The van der Waals surface area contributed by atoms with Crippen LogP contribution in [0.5, 0.6) is 0 Å². The van der Waals surface area contributed by atoms with Gasteiger partial charge in [0, 0.05) is 18.6 Å². The van der Waals surface area contributed by atoms with E-state index in [1.54, 1.807) is 6.08 Å². The van der Waals surface area contributed by atoms with E-state index in [0.717, 1.165) is 30.6 Å². The van der Waals surface area contributed by atoms with Crippen LogP contribution in [0.2, 0.25) is 0 Å². The van der Waals surface area contributed by atoms with E-state index in [1.165, 1.54) is 7.11 Å². The zero-order valence-electron chi connectivity index (χ0n) is 12.8. The maximum atomic E-state index is 11.6. The lowest BCUT2D eigenvalue weighted by Crippen LogP contribution is -2.22. The number of ketones is 1. The average molecular weight is 294 g/mol. The highest BCUT2D eigenvalue weighted by molar-refractivity contribution is 5.92. The molecule has 1 rings (SSSR count). The van der Waals surface area contributed by atoms with E-state index in [-0.39, 0.29) is 17.8 Å². The van der Waals surface area contributed by atoms with Crippen LogP contribution in [-0.2, 0) is 23.9 Å². The number of rotatable bonds is 6. The maximum absolute atomic E-state index is 11.6. The van der Waals surface area contributed by atoms with Gasteiger partial charge >= 0.3 is 11.9 Å². The number of carbonyl (C=O) groups excluding carboxylic acids is 3. The van der Waals surface area contributed by atoms with Crippen molar-refractivity contribution in [3.05, 3.63) is 23.8 Å². The number of allylic oxidation sites excluding steroid dienone is 2. The lowest BCUT2D eigenvalue weighted by molar-refractivity contribution is -0.139. The van der Waals surface area contributed by atoms with Crippen LogP contribution in [0, 0.1) is 5.41 Å². The molecule has 0 amide bonds. The molecule has 0 aromatic heterocycles. The standard InChI is InChI=1S/C16H22O5/c1-16(2)10-12(9-13(17)11-16)5-4-8-21-15(19)7-6-14(18)20-3/h6-7,9H,4-5,8,10-11H2,1-3H3/b7-6+. The van der Waals surface area contributed by atoms with Crippen LogP contribution in [0.15, 0.2) is 23.8 Å². The van der Waals surface area contributed by atoms with Crippen LogP contribution in [0.1, 0.15) is 39.5 Å². The molecule has 5 nitrogen and oxygen atoms in total. The van der Waals surface area contributed by atoms with Crippen LogP contribution in [0.25, 0.3) is 0 Å². The smallest absolute Gasteiger partial charge is 0.331 e. The van der Waals surface area contributed by atoms with Gasteiger partial charge in [-0.15, -0.1) is 0 Å². The predicted molar refractivity (Wildman–Crippen MR) is 77.5 cm³/mol. The highest BCUT2D eigenvalue weighted by Gasteiger charge is 2.26. The van der Waals surface area contributed by atoms with E-state index < -0.39 is 11.9 Å². The fourth-order valence-electron chi connectivity index (χ4n) is 2.36. The van der Waals surface area contributed by atoms with Crippen molar-refractivity contribution in [2.45, 2.75) is 39.5 Å². The first kappa shape index (κ1) is 17.1. The Labute approximate surface area is 125 Å². The van der Waals surface area contributed by atoms with Crippen LogP contribution in [0.4, 0.5) is 0 Å². The molecule has 0 N–H and O–H groups in total. The number of methoxy groups -OCH3 is 1. The molecule has 0 bridgehead atoms. The summed E-state index contributed by atoms with van der Waals surface area (Å²) in [5, 5.41) is 0. The second-order valence-corrected chi connectivity index (χ2v) is 5.91. The lowest BCUT2D eigenvalue weighted by Gasteiger charge is -2.28. The summed E-state index contributed by atoms with van der Waals surface area (Å²) in [6.45, 7) is 4.42. The molecule has 0 aliphatic heterocycles. The second kappa shape index (κ2) is 7.76. The normalized spacial score (nSPS) is 17.5. The molecule has 0 saturated carbocycles. The average Bonchev–Trinajstić information content (AvgIpc) is 2.38. The van der Waals surface area contributed by atoms with Gasteiger partial charge in [-0.25, -0.2) is 9.59 Å². The number of carbonyl (C=O) groups is 3. The van der Waals surface area contributed by atoms with Crippen molar-refractivity contribution in [2.24, 2.45) is 5.41 Å². The molecule has 0 unspecified atom stereocenters. The summed E-state index contributed by atoms with van der Waals surface area (Å²) in [7, 11) is 1.23. The highest BCUT2D eigenvalue weighted by atomic mass is 16.5. The Balaban J connectivity index is 2.28. The SMILES string of the molecule is COC(=O)/C=C/C(=O)OCCCC1=CC(=O)CC(C)(C)C1. The molecule has 0 radical (unpaired) electrons. The van der Waals surface area contributed by atoms with E-state index in [4.69, 9.17) is 4.74 Å². The van der Waals surface area contributed by atoms with Crippen molar-refractivity contribution in [3.8, 4) is 0 Å². The molecule has 1 aliphatic rings. The highest BCUT2D eigenvalue weighted by Crippen LogP contribution is 2.35. The van der Waals surface area contributed by atoms with Crippen LogP contribution < -0.4 is 0 Å². The topological polar surface area (TPSA) is 69.7 Å².